The zero-order chi connectivity index (χ0) is 17.7. The smallest absolute Gasteiger partial charge is 0.303 e. The number of thioether (sulfide) groups is 1. The van der Waals surface area contributed by atoms with Gasteiger partial charge in [0.05, 0.1) is 11.2 Å². The van der Waals surface area contributed by atoms with Crippen molar-refractivity contribution in [1.29, 1.82) is 0 Å². The van der Waals surface area contributed by atoms with Crippen molar-refractivity contribution in [2.45, 2.75) is 25.8 Å². The van der Waals surface area contributed by atoms with Crippen molar-refractivity contribution in [1.82, 2.24) is 10.2 Å². The maximum absolute atomic E-state index is 12.5. The number of hydrogen-bond acceptors (Lipinski definition) is 6. The summed E-state index contributed by atoms with van der Waals surface area (Å²) in [4.78, 5) is 36.7. The van der Waals surface area contributed by atoms with E-state index >= 15 is 0 Å². The van der Waals surface area contributed by atoms with E-state index in [0.717, 1.165) is 11.8 Å². The summed E-state index contributed by atoms with van der Waals surface area (Å²) in [5, 5.41) is 11.2. The van der Waals surface area contributed by atoms with Gasteiger partial charge < -0.3 is 14.8 Å². The van der Waals surface area contributed by atoms with E-state index in [1.807, 2.05) is 0 Å². The van der Waals surface area contributed by atoms with Gasteiger partial charge in [-0.15, -0.1) is 0 Å². The Kier molecular flexibility index (Phi) is 6.16. The molecule has 1 fully saturated rings. The van der Waals surface area contributed by atoms with E-state index in [1.165, 1.54) is 11.2 Å². The number of carbonyl (C=O) groups excluding carboxylic acids is 2. The van der Waals surface area contributed by atoms with E-state index in [9.17, 15) is 14.4 Å². The minimum Gasteiger partial charge on any atom is -0.481 e. The fourth-order valence-corrected chi connectivity index (χ4v) is 3.43. The highest BCUT2D eigenvalue weighted by Crippen LogP contribution is 2.33. The molecule has 0 radical (unpaired) electrons. The fourth-order valence-electron chi connectivity index (χ4n) is 2.03. The molecule has 0 bridgehead atoms. The van der Waals surface area contributed by atoms with E-state index in [0.29, 0.717) is 21.4 Å². The second-order valence-corrected chi connectivity index (χ2v) is 6.71. The third-order valence-corrected chi connectivity index (χ3v) is 4.60. The average Bonchev–Trinajstić information content (AvgIpc) is 3.12. The van der Waals surface area contributed by atoms with Gasteiger partial charge in [0, 0.05) is 19.0 Å². The Labute approximate surface area is 148 Å². The number of amides is 2. The number of aliphatic carboxylic acids is 1. The van der Waals surface area contributed by atoms with Crippen molar-refractivity contribution in [3.8, 4) is 0 Å². The molecule has 0 aromatic carbocycles. The molecule has 1 aliphatic rings. The number of carbonyl (C=O) groups is 3. The summed E-state index contributed by atoms with van der Waals surface area (Å²) >= 11 is 6.30. The van der Waals surface area contributed by atoms with Crippen LogP contribution in [0.1, 0.15) is 25.5 Å². The Morgan fingerprint density at radius 2 is 2.29 bits per heavy atom. The number of carboxylic acids is 1. The second-order valence-electron chi connectivity index (χ2n) is 5.03. The van der Waals surface area contributed by atoms with E-state index < -0.39 is 12.0 Å². The predicted octanol–water partition coefficient (Wildman–Crippen LogP) is 1.85. The lowest BCUT2D eigenvalue weighted by Gasteiger charge is -2.22. The molecular formula is C15H16N2O5S2. The van der Waals surface area contributed by atoms with Gasteiger partial charge in [-0.05, 0) is 25.5 Å². The van der Waals surface area contributed by atoms with Crippen LogP contribution in [0.5, 0.6) is 0 Å². The molecule has 0 saturated carbocycles. The molecule has 7 nitrogen and oxygen atoms in total. The lowest BCUT2D eigenvalue weighted by molar-refractivity contribution is -0.137. The van der Waals surface area contributed by atoms with Crippen molar-refractivity contribution >= 4 is 52.2 Å². The summed E-state index contributed by atoms with van der Waals surface area (Å²) in [6, 6.07) is 2.65. The summed E-state index contributed by atoms with van der Waals surface area (Å²) in [6.07, 6.45) is 3.38. The maximum atomic E-state index is 12.5. The molecular weight excluding hydrogens is 352 g/mol. The predicted molar refractivity (Wildman–Crippen MR) is 93.1 cm³/mol. The van der Waals surface area contributed by atoms with Gasteiger partial charge in [0.1, 0.15) is 16.1 Å². The molecule has 1 aliphatic heterocycles. The first-order valence-electron chi connectivity index (χ1n) is 7.20. The monoisotopic (exact) mass is 368 g/mol. The highest BCUT2D eigenvalue weighted by atomic mass is 32.2. The quantitative estimate of drug-likeness (QED) is 0.430. The Morgan fingerprint density at radius 1 is 1.54 bits per heavy atom. The first-order chi connectivity index (χ1) is 11.4. The van der Waals surface area contributed by atoms with Crippen LogP contribution in [0.2, 0.25) is 0 Å². The number of carboxylic acid groups (broad SMARTS) is 1. The van der Waals surface area contributed by atoms with Gasteiger partial charge in [0.2, 0.25) is 5.91 Å². The highest BCUT2D eigenvalue weighted by Gasteiger charge is 2.38. The van der Waals surface area contributed by atoms with Crippen molar-refractivity contribution < 1.29 is 23.9 Å². The number of hydrogen-bond donors (Lipinski definition) is 2. The van der Waals surface area contributed by atoms with Crippen LogP contribution >= 0.6 is 24.0 Å². The first-order valence-corrected chi connectivity index (χ1v) is 8.42. The molecule has 2 rings (SSSR count). The van der Waals surface area contributed by atoms with Crippen molar-refractivity contribution in [2.24, 2.45) is 0 Å². The normalized spacial score (nSPS) is 17.4. The third kappa shape index (κ3) is 4.45. The SMILES string of the molecule is CC(C(=O)NCCCC(=O)O)N1C(=O)/C(=C/c2ccco2)SC1=S. The number of nitrogens with one attached hydrogen (secondary N) is 1. The number of furan rings is 1. The summed E-state index contributed by atoms with van der Waals surface area (Å²) in [7, 11) is 0. The van der Waals surface area contributed by atoms with Gasteiger partial charge in [0.25, 0.3) is 5.91 Å². The second kappa shape index (κ2) is 8.11. The molecule has 1 unspecified atom stereocenters. The van der Waals surface area contributed by atoms with Crippen molar-refractivity contribution in [3.63, 3.8) is 0 Å². The molecule has 2 amide bonds. The van der Waals surface area contributed by atoms with Crippen LogP contribution in [0.4, 0.5) is 0 Å². The van der Waals surface area contributed by atoms with Crippen LogP contribution < -0.4 is 5.32 Å². The zero-order valence-corrected chi connectivity index (χ0v) is 14.5. The Morgan fingerprint density at radius 3 is 2.92 bits per heavy atom. The molecule has 0 aliphatic carbocycles. The minimum atomic E-state index is -0.919. The van der Waals surface area contributed by atoms with Crippen LogP contribution in [0, 0.1) is 0 Å². The van der Waals surface area contributed by atoms with E-state index in [2.05, 4.69) is 5.32 Å². The summed E-state index contributed by atoms with van der Waals surface area (Å²) in [5.41, 5.74) is 0. The van der Waals surface area contributed by atoms with Gasteiger partial charge in [-0.25, -0.2) is 0 Å². The Hall–Kier alpha value is -2.13. The molecule has 1 aromatic heterocycles. The largest absolute Gasteiger partial charge is 0.481 e. The Bertz CT molecular complexity index is 684. The highest BCUT2D eigenvalue weighted by molar-refractivity contribution is 8.26. The van der Waals surface area contributed by atoms with Gasteiger partial charge in [-0.3, -0.25) is 19.3 Å². The molecule has 1 saturated heterocycles. The lowest BCUT2D eigenvalue weighted by Crippen LogP contribution is -2.47. The van der Waals surface area contributed by atoms with Gasteiger partial charge in [0.15, 0.2) is 0 Å². The van der Waals surface area contributed by atoms with Crippen LogP contribution in [0.3, 0.4) is 0 Å². The maximum Gasteiger partial charge on any atom is 0.303 e. The lowest BCUT2D eigenvalue weighted by atomic mass is 10.2. The molecule has 24 heavy (non-hydrogen) atoms. The molecule has 128 valence electrons. The van der Waals surface area contributed by atoms with Gasteiger partial charge in [-0.2, -0.15) is 0 Å². The van der Waals surface area contributed by atoms with Crippen molar-refractivity contribution in [3.05, 3.63) is 29.1 Å². The topological polar surface area (TPSA) is 99.9 Å². The van der Waals surface area contributed by atoms with Crippen LogP contribution in [0.15, 0.2) is 27.7 Å². The Balaban J connectivity index is 1.97. The van der Waals surface area contributed by atoms with Crippen LogP contribution in [0.25, 0.3) is 6.08 Å². The van der Waals surface area contributed by atoms with E-state index in [-0.39, 0.29) is 24.8 Å². The summed E-state index contributed by atoms with van der Waals surface area (Å²) < 4.78 is 5.47. The fraction of sp³-hybridized carbons (Fsp3) is 0.333. The molecule has 0 spiro atoms. The van der Waals surface area contributed by atoms with Crippen molar-refractivity contribution in [2.75, 3.05) is 6.54 Å². The number of nitrogens with zero attached hydrogens (tertiary/aromatic N) is 1. The zero-order valence-electron chi connectivity index (χ0n) is 12.9. The molecule has 1 atom stereocenters. The summed E-state index contributed by atoms with van der Waals surface area (Å²) in [5.74, 6) is -1.12. The third-order valence-electron chi connectivity index (χ3n) is 3.27. The van der Waals surface area contributed by atoms with E-state index in [4.69, 9.17) is 21.7 Å². The first kappa shape index (κ1) is 18.2. The molecule has 9 heteroatoms. The van der Waals surface area contributed by atoms with Crippen LogP contribution in [-0.2, 0) is 14.4 Å². The van der Waals surface area contributed by atoms with Crippen LogP contribution in [-0.4, -0.2) is 44.7 Å². The number of rotatable bonds is 7. The van der Waals surface area contributed by atoms with Gasteiger partial charge >= 0.3 is 5.97 Å². The minimum absolute atomic E-state index is 0.0262. The standard InChI is InChI=1S/C15H16N2O5S2/c1-9(13(20)16-6-2-5-12(18)19)17-14(21)11(24-15(17)23)8-10-4-3-7-22-10/h3-4,7-9H,2,5-6H2,1H3,(H,16,20)(H,18,19)/b11-8-. The van der Waals surface area contributed by atoms with Gasteiger partial charge in [-0.1, -0.05) is 24.0 Å². The number of thiocarbonyl (C=S) groups is 1. The molecule has 1 aromatic rings. The average molecular weight is 368 g/mol. The molecule has 2 N–H and O–H groups in total. The summed E-state index contributed by atoms with van der Waals surface area (Å²) in [6.45, 7) is 1.81. The van der Waals surface area contributed by atoms with E-state index in [1.54, 1.807) is 25.1 Å². The molecule has 2 heterocycles.